The molecule has 5 nitrogen and oxygen atoms in total. The number of hydrogen-bond donors (Lipinski definition) is 1. The van der Waals surface area contributed by atoms with E-state index in [2.05, 4.69) is 46.1 Å². The molecule has 2 aromatic carbocycles. The highest BCUT2D eigenvalue weighted by atomic mass is 16.7. The Labute approximate surface area is 153 Å². The molecule has 0 radical (unpaired) electrons. The van der Waals surface area contributed by atoms with Crippen molar-refractivity contribution in [3.8, 4) is 22.9 Å². The predicted octanol–water partition coefficient (Wildman–Crippen LogP) is 4.22. The highest BCUT2D eigenvalue weighted by Gasteiger charge is 2.15. The standard InChI is InChI=1S/C21H23N3O2/c1-2-10-24(13-16-8-9-19-20(11-16)26-15-25-19)14-18-12-22-21(23-18)17-6-4-3-5-7-17/h3-9,11-12H,2,10,13-15H2,1H3,(H,22,23). The summed E-state index contributed by atoms with van der Waals surface area (Å²) < 4.78 is 10.9. The van der Waals surface area contributed by atoms with Gasteiger partial charge in [-0.25, -0.2) is 4.98 Å². The molecule has 2 heterocycles. The van der Waals surface area contributed by atoms with E-state index in [1.54, 1.807) is 0 Å². The Balaban J connectivity index is 1.46. The number of hydrogen-bond acceptors (Lipinski definition) is 4. The van der Waals surface area contributed by atoms with Crippen LogP contribution in [0, 0.1) is 0 Å². The zero-order valence-corrected chi connectivity index (χ0v) is 14.9. The maximum absolute atomic E-state index is 5.49. The lowest BCUT2D eigenvalue weighted by Crippen LogP contribution is -2.23. The Morgan fingerprint density at radius 3 is 2.73 bits per heavy atom. The monoisotopic (exact) mass is 349 g/mol. The lowest BCUT2D eigenvalue weighted by Gasteiger charge is -2.21. The Hall–Kier alpha value is -2.79. The molecule has 0 bridgehead atoms. The number of nitrogens with zero attached hydrogens (tertiary/aromatic N) is 2. The SMILES string of the molecule is CCCN(Cc1ccc2c(c1)OCO2)Cc1cnc(-c2ccccc2)[nH]1. The van der Waals surface area contributed by atoms with Crippen molar-refractivity contribution in [2.45, 2.75) is 26.4 Å². The van der Waals surface area contributed by atoms with E-state index in [1.165, 1.54) is 5.56 Å². The average molecular weight is 349 g/mol. The number of aromatic nitrogens is 2. The van der Waals surface area contributed by atoms with E-state index in [9.17, 15) is 0 Å². The summed E-state index contributed by atoms with van der Waals surface area (Å²) in [5, 5.41) is 0. The van der Waals surface area contributed by atoms with Gasteiger partial charge in [0.1, 0.15) is 5.82 Å². The van der Waals surface area contributed by atoms with Crippen molar-refractivity contribution in [2.75, 3.05) is 13.3 Å². The number of H-pyrrole nitrogens is 1. The van der Waals surface area contributed by atoms with E-state index < -0.39 is 0 Å². The third kappa shape index (κ3) is 3.73. The summed E-state index contributed by atoms with van der Waals surface area (Å²) in [5.41, 5.74) is 3.46. The van der Waals surface area contributed by atoms with Crippen molar-refractivity contribution in [3.63, 3.8) is 0 Å². The molecule has 0 unspecified atom stereocenters. The van der Waals surface area contributed by atoms with Gasteiger partial charge >= 0.3 is 0 Å². The van der Waals surface area contributed by atoms with Crippen molar-refractivity contribution >= 4 is 0 Å². The van der Waals surface area contributed by atoms with Gasteiger partial charge < -0.3 is 14.5 Å². The van der Waals surface area contributed by atoms with E-state index in [-0.39, 0.29) is 0 Å². The molecule has 1 aromatic heterocycles. The van der Waals surface area contributed by atoms with E-state index in [4.69, 9.17) is 9.47 Å². The van der Waals surface area contributed by atoms with Crippen LogP contribution in [0.25, 0.3) is 11.4 Å². The van der Waals surface area contributed by atoms with Gasteiger partial charge in [-0.1, -0.05) is 43.3 Å². The third-order valence-electron chi connectivity index (χ3n) is 4.45. The molecule has 0 atom stereocenters. The normalized spacial score (nSPS) is 12.7. The van der Waals surface area contributed by atoms with Crippen LogP contribution >= 0.6 is 0 Å². The molecule has 134 valence electrons. The second-order valence-corrected chi connectivity index (χ2v) is 6.52. The maximum Gasteiger partial charge on any atom is 0.231 e. The van der Waals surface area contributed by atoms with Gasteiger partial charge in [0.05, 0.1) is 0 Å². The molecule has 5 heteroatoms. The molecule has 1 aliphatic heterocycles. The van der Waals surface area contributed by atoms with Gasteiger partial charge in [0.25, 0.3) is 0 Å². The second-order valence-electron chi connectivity index (χ2n) is 6.52. The first-order valence-electron chi connectivity index (χ1n) is 9.02. The quantitative estimate of drug-likeness (QED) is 0.694. The van der Waals surface area contributed by atoms with Crippen molar-refractivity contribution < 1.29 is 9.47 Å². The second kappa shape index (κ2) is 7.62. The number of rotatable bonds is 7. The van der Waals surface area contributed by atoms with Crippen molar-refractivity contribution in [3.05, 3.63) is 66.0 Å². The Morgan fingerprint density at radius 1 is 1.04 bits per heavy atom. The average Bonchev–Trinajstić information content (AvgIpc) is 3.31. The fourth-order valence-corrected chi connectivity index (χ4v) is 3.25. The summed E-state index contributed by atoms with van der Waals surface area (Å²) in [5.74, 6) is 2.59. The maximum atomic E-state index is 5.49. The summed E-state index contributed by atoms with van der Waals surface area (Å²) >= 11 is 0. The molecule has 1 aliphatic rings. The third-order valence-corrected chi connectivity index (χ3v) is 4.45. The highest BCUT2D eigenvalue weighted by Crippen LogP contribution is 2.33. The van der Waals surface area contributed by atoms with Crippen LogP contribution in [0.4, 0.5) is 0 Å². The molecule has 4 rings (SSSR count). The van der Waals surface area contributed by atoms with Gasteiger partial charge in [-0.3, -0.25) is 4.90 Å². The molecule has 26 heavy (non-hydrogen) atoms. The topological polar surface area (TPSA) is 50.4 Å². The number of nitrogens with one attached hydrogen (secondary N) is 1. The van der Waals surface area contributed by atoms with Gasteiger partial charge in [0, 0.05) is 30.5 Å². The van der Waals surface area contributed by atoms with E-state index >= 15 is 0 Å². The molecule has 0 amide bonds. The number of fused-ring (bicyclic) bond motifs is 1. The van der Waals surface area contributed by atoms with Crippen LogP contribution in [0.3, 0.4) is 0 Å². The van der Waals surface area contributed by atoms with Gasteiger partial charge in [0.15, 0.2) is 11.5 Å². The summed E-state index contributed by atoms with van der Waals surface area (Å²) in [4.78, 5) is 10.4. The van der Waals surface area contributed by atoms with Crippen LogP contribution in [0.15, 0.2) is 54.7 Å². The molecule has 0 aliphatic carbocycles. The molecular weight excluding hydrogens is 326 g/mol. The summed E-state index contributed by atoms with van der Waals surface area (Å²) in [6.07, 6.45) is 3.04. The molecule has 0 fully saturated rings. The molecule has 1 N–H and O–H groups in total. The summed E-state index contributed by atoms with van der Waals surface area (Å²) in [6, 6.07) is 16.4. The highest BCUT2D eigenvalue weighted by molar-refractivity contribution is 5.54. The summed E-state index contributed by atoms with van der Waals surface area (Å²) in [7, 11) is 0. The van der Waals surface area contributed by atoms with Crippen molar-refractivity contribution in [1.29, 1.82) is 0 Å². The lowest BCUT2D eigenvalue weighted by molar-refractivity contribution is 0.174. The zero-order chi connectivity index (χ0) is 17.8. The van der Waals surface area contributed by atoms with Crippen LogP contribution in [0.5, 0.6) is 11.5 Å². The molecule has 0 saturated heterocycles. The number of aromatic amines is 1. The first-order valence-corrected chi connectivity index (χ1v) is 9.02. The van der Waals surface area contributed by atoms with E-state index in [0.717, 1.165) is 54.6 Å². The van der Waals surface area contributed by atoms with Crippen LogP contribution in [0.2, 0.25) is 0 Å². The smallest absolute Gasteiger partial charge is 0.231 e. The van der Waals surface area contributed by atoms with E-state index in [0.29, 0.717) is 6.79 Å². The Kier molecular flexibility index (Phi) is 4.88. The Bertz CT molecular complexity index is 861. The first kappa shape index (κ1) is 16.7. The van der Waals surface area contributed by atoms with E-state index in [1.807, 2.05) is 30.5 Å². The van der Waals surface area contributed by atoms with Crippen LogP contribution in [-0.4, -0.2) is 28.2 Å². The Morgan fingerprint density at radius 2 is 1.88 bits per heavy atom. The van der Waals surface area contributed by atoms with Gasteiger partial charge in [0.2, 0.25) is 6.79 Å². The summed E-state index contributed by atoms with van der Waals surface area (Å²) in [6.45, 7) is 5.24. The fourth-order valence-electron chi connectivity index (χ4n) is 3.25. The lowest BCUT2D eigenvalue weighted by atomic mass is 10.2. The largest absolute Gasteiger partial charge is 0.454 e. The van der Waals surface area contributed by atoms with Gasteiger partial charge in [-0.05, 0) is 30.7 Å². The minimum atomic E-state index is 0.313. The van der Waals surface area contributed by atoms with Crippen molar-refractivity contribution in [1.82, 2.24) is 14.9 Å². The van der Waals surface area contributed by atoms with Gasteiger partial charge in [-0.2, -0.15) is 0 Å². The first-order chi connectivity index (χ1) is 12.8. The molecule has 3 aromatic rings. The predicted molar refractivity (Wildman–Crippen MR) is 101 cm³/mol. The zero-order valence-electron chi connectivity index (χ0n) is 14.9. The molecule has 0 saturated carbocycles. The van der Waals surface area contributed by atoms with Crippen LogP contribution in [-0.2, 0) is 13.1 Å². The number of imidazole rings is 1. The van der Waals surface area contributed by atoms with Crippen LogP contribution < -0.4 is 9.47 Å². The van der Waals surface area contributed by atoms with Crippen molar-refractivity contribution in [2.24, 2.45) is 0 Å². The number of benzene rings is 2. The number of ether oxygens (including phenoxy) is 2. The molecular formula is C21H23N3O2. The minimum absolute atomic E-state index is 0.313. The molecule has 0 spiro atoms. The van der Waals surface area contributed by atoms with Crippen LogP contribution in [0.1, 0.15) is 24.6 Å². The fraction of sp³-hybridized carbons (Fsp3) is 0.286. The minimum Gasteiger partial charge on any atom is -0.454 e. The van der Waals surface area contributed by atoms with Gasteiger partial charge in [-0.15, -0.1) is 0 Å².